The molecule has 0 spiro atoms. The highest BCUT2D eigenvalue weighted by molar-refractivity contribution is 9.10. The van der Waals surface area contributed by atoms with Crippen LogP contribution < -0.4 is 5.32 Å². The number of nitrogens with one attached hydrogen (secondary N) is 1. The van der Waals surface area contributed by atoms with Crippen molar-refractivity contribution in [3.63, 3.8) is 0 Å². The number of hydrogen-bond acceptors (Lipinski definition) is 1. The Morgan fingerprint density at radius 2 is 2.06 bits per heavy atom. The fraction of sp³-hybridized carbons (Fsp3) is 0.538. The van der Waals surface area contributed by atoms with Gasteiger partial charge in [0.25, 0.3) is 0 Å². The molecular formula is C13H19BrFN. The second kappa shape index (κ2) is 5.78. The quantitative estimate of drug-likeness (QED) is 0.859. The molecule has 0 aliphatic carbocycles. The largest absolute Gasteiger partial charge is 0.312 e. The van der Waals surface area contributed by atoms with Crippen LogP contribution in [0.2, 0.25) is 0 Å². The van der Waals surface area contributed by atoms with Gasteiger partial charge in [0.1, 0.15) is 5.82 Å². The summed E-state index contributed by atoms with van der Waals surface area (Å²) >= 11 is 3.36. The summed E-state index contributed by atoms with van der Waals surface area (Å²) in [5.74, 6) is -0.204. The Kier molecular flexibility index (Phi) is 4.93. The summed E-state index contributed by atoms with van der Waals surface area (Å²) in [6.45, 7) is 8.40. The summed E-state index contributed by atoms with van der Waals surface area (Å²) in [5.41, 5.74) is 1.40. The molecule has 0 fully saturated rings. The highest BCUT2D eigenvalue weighted by Gasteiger charge is 2.14. The second-order valence-electron chi connectivity index (χ2n) is 4.86. The monoisotopic (exact) mass is 287 g/mol. The van der Waals surface area contributed by atoms with Gasteiger partial charge in [0.05, 0.1) is 0 Å². The van der Waals surface area contributed by atoms with Gasteiger partial charge in [-0.15, -0.1) is 0 Å². The van der Waals surface area contributed by atoms with E-state index in [2.05, 4.69) is 42.0 Å². The first-order valence-corrected chi connectivity index (χ1v) is 6.38. The Morgan fingerprint density at radius 3 is 2.62 bits per heavy atom. The van der Waals surface area contributed by atoms with Crippen LogP contribution in [0.15, 0.2) is 22.7 Å². The van der Waals surface area contributed by atoms with Gasteiger partial charge in [0.2, 0.25) is 0 Å². The van der Waals surface area contributed by atoms with E-state index in [1.807, 2.05) is 6.07 Å². The average molecular weight is 288 g/mol. The van der Waals surface area contributed by atoms with Crippen molar-refractivity contribution in [2.75, 3.05) is 6.54 Å². The molecule has 0 saturated carbocycles. The zero-order valence-electron chi connectivity index (χ0n) is 10.1. The normalized spacial score (nSPS) is 11.8. The molecule has 0 radical (unpaired) electrons. The first-order chi connectivity index (χ1) is 7.44. The van der Waals surface area contributed by atoms with Gasteiger partial charge < -0.3 is 5.32 Å². The van der Waals surface area contributed by atoms with E-state index < -0.39 is 0 Å². The fourth-order valence-corrected chi connectivity index (χ4v) is 1.82. The smallest absolute Gasteiger partial charge is 0.124 e. The Labute approximate surface area is 106 Å². The van der Waals surface area contributed by atoms with Gasteiger partial charge in [-0.3, -0.25) is 0 Å². The van der Waals surface area contributed by atoms with E-state index in [-0.39, 0.29) is 5.82 Å². The lowest BCUT2D eigenvalue weighted by Crippen LogP contribution is -2.28. The first-order valence-electron chi connectivity index (χ1n) is 5.59. The van der Waals surface area contributed by atoms with Gasteiger partial charge in [0.15, 0.2) is 0 Å². The molecule has 0 heterocycles. The summed E-state index contributed by atoms with van der Waals surface area (Å²) in [7, 11) is 0. The Bertz CT molecular complexity index is 350. The first kappa shape index (κ1) is 13.7. The van der Waals surface area contributed by atoms with Crippen LogP contribution in [0.5, 0.6) is 0 Å². The molecule has 3 heteroatoms. The van der Waals surface area contributed by atoms with Gasteiger partial charge in [-0.25, -0.2) is 4.39 Å². The van der Waals surface area contributed by atoms with Crippen molar-refractivity contribution in [3.05, 3.63) is 34.1 Å². The van der Waals surface area contributed by atoms with E-state index in [9.17, 15) is 4.39 Å². The Morgan fingerprint density at radius 1 is 1.38 bits per heavy atom. The molecule has 0 aromatic heterocycles. The van der Waals surface area contributed by atoms with Crippen LogP contribution in [0.4, 0.5) is 4.39 Å². The minimum Gasteiger partial charge on any atom is -0.312 e. The summed E-state index contributed by atoms with van der Waals surface area (Å²) in [6.07, 6.45) is 1.14. The van der Waals surface area contributed by atoms with Gasteiger partial charge in [0, 0.05) is 17.6 Å². The lowest BCUT2D eigenvalue weighted by Gasteiger charge is -2.23. The van der Waals surface area contributed by atoms with Crippen molar-refractivity contribution >= 4 is 15.9 Å². The molecule has 1 aromatic rings. The fourth-order valence-electron chi connectivity index (χ4n) is 1.33. The maximum Gasteiger partial charge on any atom is 0.124 e. The van der Waals surface area contributed by atoms with Crippen LogP contribution in [0.25, 0.3) is 0 Å². The highest BCUT2D eigenvalue weighted by Crippen LogP contribution is 2.20. The SMILES string of the molecule is CCC(C)(C)CNCc1ccc(F)cc1Br. The maximum absolute atomic E-state index is 12.9. The molecule has 0 unspecified atom stereocenters. The Balaban J connectivity index is 2.49. The van der Waals surface area contributed by atoms with E-state index >= 15 is 0 Å². The van der Waals surface area contributed by atoms with Gasteiger partial charge in [-0.05, 0) is 29.5 Å². The third-order valence-corrected chi connectivity index (χ3v) is 3.63. The van der Waals surface area contributed by atoms with Crippen molar-refractivity contribution in [1.82, 2.24) is 5.32 Å². The van der Waals surface area contributed by atoms with Crippen molar-refractivity contribution in [2.45, 2.75) is 33.7 Å². The zero-order chi connectivity index (χ0) is 12.2. The molecule has 0 amide bonds. The van der Waals surface area contributed by atoms with Crippen LogP contribution in [-0.2, 0) is 6.54 Å². The summed E-state index contributed by atoms with van der Waals surface area (Å²) in [4.78, 5) is 0. The Hall–Kier alpha value is -0.410. The molecule has 0 aliphatic rings. The predicted octanol–water partition coefficient (Wildman–Crippen LogP) is 4.11. The summed E-state index contributed by atoms with van der Waals surface area (Å²) in [6, 6.07) is 4.81. The van der Waals surface area contributed by atoms with Crippen molar-refractivity contribution in [2.24, 2.45) is 5.41 Å². The average Bonchev–Trinajstić information content (AvgIpc) is 2.21. The molecule has 16 heavy (non-hydrogen) atoms. The van der Waals surface area contributed by atoms with Crippen LogP contribution in [0.1, 0.15) is 32.8 Å². The molecular weight excluding hydrogens is 269 g/mol. The predicted molar refractivity (Wildman–Crippen MR) is 69.9 cm³/mol. The van der Waals surface area contributed by atoms with Crippen molar-refractivity contribution in [1.29, 1.82) is 0 Å². The highest BCUT2D eigenvalue weighted by atomic mass is 79.9. The number of halogens is 2. The third kappa shape index (κ3) is 4.22. The van der Waals surface area contributed by atoms with E-state index in [1.54, 1.807) is 0 Å². The molecule has 1 nitrogen and oxygen atoms in total. The zero-order valence-corrected chi connectivity index (χ0v) is 11.7. The van der Waals surface area contributed by atoms with Crippen LogP contribution >= 0.6 is 15.9 Å². The van der Waals surface area contributed by atoms with Crippen molar-refractivity contribution < 1.29 is 4.39 Å². The molecule has 0 atom stereocenters. The van der Waals surface area contributed by atoms with E-state index in [4.69, 9.17) is 0 Å². The molecule has 0 aliphatic heterocycles. The van der Waals surface area contributed by atoms with E-state index in [0.29, 0.717) is 5.41 Å². The molecule has 1 rings (SSSR count). The van der Waals surface area contributed by atoms with E-state index in [1.165, 1.54) is 12.1 Å². The molecule has 1 N–H and O–H groups in total. The topological polar surface area (TPSA) is 12.0 Å². The minimum absolute atomic E-state index is 0.204. The molecule has 1 aromatic carbocycles. The van der Waals surface area contributed by atoms with Crippen LogP contribution in [-0.4, -0.2) is 6.54 Å². The second-order valence-corrected chi connectivity index (χ2v) is 5.71. The molecule has 0 bridgehead atoms. The lowest BCUT2D eigenvalue weighted by molar-refractivity contribution is 0.327. The van der Waals surface area contributed by atoms with Crippen molar-refractivity contribution in [3.8, 4) is 0 Å². The van der Waals surface area contributed by atoms with Crippen LogP contribution in [0.3, 0.4) is 0 Å². The molecule has 90 valence electrons. The van der Waals surface area contributed by atoms with Gasteiger partial charge in [-0.2, -0.15) is 0 Å². The number of rotatable bonds is 5. The standard InChI is InChI=1S/C13H19BrFN/c1-4-13(2,3)9-16-8-10-5-6-11(15)7-12(10)14/h5-7,16H,4,8-9H2,1-3H3. The van der Waals surface area contributed by atoms with E-state index in [0.717, 1.165) is 29.5 Å². The lowest BCUT2D eigenvalue weighted by atomic mass is 9.90. The summed E-state index contributed by atoms with van der Waals surface area (Å²) in [5, 5.41) is 3.40. The van der Waals surface area contributed by atoms with Gasteiger partial charge >= 0.3 is 0 Å². The van der Waals surface area contributed by atoms with Crippen LogP contribution in [0, 0.1) is 11.2 Å². The minimum atomic E-state index is -0.204. The summed E-state index contributed by atoms with van der Waals surface area (Å²) < 4.78 is 13.7. The number of benzene rings is 1. The maximum atomic E-state index is 12.9. The third-order valence-electron chi connectivity index (χ3n) is 2.89. The molecule has 0 saturated heterocycles. The van der Waals surface area contributed by atoms with Gasteiger partial charge in [-0.1, -0.05) is 42.8 Å². The number of hydrogen-bond donors (Lipinski definition) is 1.